The fourth-order valence-corrected chi connectivity index (χ4v) is 8.38. The van der Waals surface area contributed by atoms with Crippen LogP contribution in [0.1, 0.15) is 219 Å². The maximum absolute atomic E-state index is 13.0. The number of amides is 1. The number of carbonyl (C=O) groups excluding carboxylic acids is 1. The van der Waals surface area contributed by atoms with E-state index in [1.165, 1.54) is 96.3 Å². The van der Waals surface area contributed by atoms with Crippen molar-refractivity contribution in [3.05, 3.63) is 122 Å². The zero-order chi connectivity index (χ0) is 52.7. The maximum Gasteiger partial charge on any atom is 0.268 e. The van der Waals surface area contributed by atoms with E-state index in [0.717, 1.165) is 103 Å². The molecule has 0 aliphatic carbocycles. The van der Waals surface area contributed by atoms with Gasteiger partial charge in [0, 0.05) is 6.42 Å². The molecule has 2 N–H and O–H groups in total. The number of aliphatic hydroxyl groups is 1. The normalized spacial score (nSPS) is 14.8. The van der Waals surface area contributed by atoms with E-state index < -0.39 is 26.6 Å². The third-order valence-electron chi connectivity index (χ3n) is 12.2. The Kier molecular flexibility index (Phi) is 50.5. The van der Waals surface area contributed by atoms with E-state index in [2.05, 4.69) is 129 Å². The molecule has 0 heterocycles. The third-order valence-corrected chi connectivity index (χ3v) is 13.1. The predicted octanol–water partition coefficient (Wildman–Crippen LogP) is 17.1. The minimum atomic E-state index is -4.61. The number of nitrogens with zero attached hydrogens (tertiary/aromatic N) is 1. The summed E-state index contributed by atoms with van der Waals surface area (Å²) in [7, 11) is 1.22. The molecule has 412 valence electrons. The molecule has 0 aromatic heterocycles. The summed E-state index contributed by atoms with van der Waals surface area (Å²) in [4.78, 5) is 25.5. The van der Waals surface area contributed by atoms with Gasteiger partial charge in [-0.25, -0.2) is 0 Å². The van der Waals surface area contributed by atoms with Crippen LogP contribution in [0.3, 0.4) is 0 Å². The van der Waals surface area contributed by atoms with E-state index in [-0.39, 0.29) is 12.5 Å². The van der Waals surface area contributed by atoms with Crippen molar-refractivity contribution in [3.8, 4) is 0 Å². The monoisotopic (exact) mass is 1020 g/mol. The first-order valence-electron chi connectivity index (χ1n) is 28.9. The molecular formula is C63H109N2O6P. The molecule has 3 atom stereocenters. The number of likely N-dealkylation sites (N-methyl/N-ethyl adjacent to an activating group) is 1. The van der Waals surface area contributed by atoms with Crippen LogP contribution in [0.15, 0.2) is 122 Å². The van der Waals surface area contributed by atoms with Gasteiger partial charge in [-0.05, 0) is 96.3 Å². The Hall–Kier alpha value is -3.10. The molecule has 72 heavy (non-hydrogen) atoms. The third kappa shape index (κ3) is 54.7. The van der Waals surface area contributed by atoms with Gasteiger partial charge in [-0.3, -0.25) is 9.36 Å². The maximum atomic E-state index is 13.0. The Morgan fingerprint density at radius 2 is 0.861 bits per heavy atom. The molecule has 0 aromatic carbocycles. The molecule has 1 amide bonds. The molecule has 0 bridgehead atoms. The van der Waals surface area contributed by atoms with Gasteiger partial charge in [0.15, 0.2) is 0 Å². The van der Waals surface area contributed by atoms with E-state index >= 15 is 0 Å². The molecule has 0 spiro atoms. The quantitative estimate of drug-likeness (QED) is 0.0272. The van der Waals surface area contributed by atoms with E-state index in [1.54, 1.807) is 6.08 Å². The predicted molar refractivity (Wildman–Crippen MR) is 311 cm³/mol. The molecule has 8 nitrogen and oxygen atoms in total. The number of aliphatic hydroxyl groups excluding tert-OH is 1. The highest BCUT2D eigenvalue weighted by atomic mass is 31.2. The molecule has 0 saturated carbocycles. The number of rotatable bonds is 51. The van der Waals surface area contributed by atoms with Gasteiger partial charge in [-0.1, -0.05) is 238 Å². The smallest absolute Gasteiger partial charge is 0.268 e. The summed E-state index contributed by atoms with van der Waals surface area (Å²) in [5.41, 5.74) is 0. The summed E-state index contributed by atoms with van der Waals surface area (Å²) in [6.07, 6.45) is 78.4. The molecule has 0 aliphatic heterocycles. The molecule has 0 rings (SSSR count). The number of phosphoric ester groups is 1. The zero-order valence-corrected chi connectivity index (χ0v) is 47.7. The van der Waals surface area contributed by atoms with Crippen molar-refractivity contribution in [2.75, 3.05) is 40.9 Å². The van der Waals surface area contributed by atoms with Gasteiger partial charge in [-0.2, -0.15) is 0 Å². The van der Waals surface area contributed by atoms with Gasteiger partial charge in [-0.15, -0.1) is 0 Å². The largest absolute Gasteiger partial charge is 0.756 e. The Morgan fingerprint density at radius 3 is 1.29 bits per heavy atom. The highest BCUT2D eigenvalue weighted by Crippen LogP contribution is 2.38. The average Bonchev–Trinajstić information content (AvgIpc) is 3.34. The number of carbonyl (C=O) groups is 1. The molecule has 0 saturated heterocycles. The van der Waals surface area contributed by atoms with Crippen molar-refractivity contribution >= 4 is 13.7 Å². The number of nitrogens with one attached hydrogen (secondary N) is 1. The minimum absolute atomic E-state index is 0.0143. The van der Waals surface area contributed by atoms with Crippen LogP contribution in [0.25, 0.3) is 0 Å². The molecule has 0 fully saturated rings. The highest BCUT2D eigenvalue weighted by Gasteiger charge is 2.23. The summed E-state index contributed by atoms with van der Waals surface area (Å²) < 4.78 is 23.3. The SMILES string of the molecule is CC/C=C\C/C=C\C/C=C\C/C=C\C/C=C\C/C=C\C/C=C\C/C=C\CCCCCCCCCCC(=O)NC(COP(=O)([O-])OCC[N+](C)(C)C)C(O)/C=C/CC/C=C/CCCCCCCCCCCCC. The van der Waals surface area contributed by atoms with Gasteiger partial charge in [0.2, 0.25) is 5.91 Å². The van der Waals surface area contributed by atoms with Crippen LogP contribution in [0.5, 0.6) is 0 Å². The van der Waals surface area contributed by atoms with Crippen molar-refractivity contribution in [1.29, 1.82) is 0 Å². The summed E-state index contributed by atoms with van der Waals surface area (Å²) in [5.74, 6) is -0.221. The Bertz CT molecular complexity index is 1580. The van der Waals surface area contributed by atoms with Crippen LogP contribution in [-0.2, 0) is 18.4 Å². The number of phosphoric acid groups is 1. The zero-order valence-electron chi connectivity index (χ0n) is 46.8. The first kappa shape index (κ1) is 68.9. The van der Waals surface area contributed by atoms with E-state index in [0.29, 0.717) is 17.4 Å². The fraction of sp³-hybridized carbons (Fsp3) is 0.667. The number of allylic oxidation sites excluding steroid dienone is 19. The summed E-state index contributed by atoms with van der Waals surface area (Å²) in [6.45, 7) is 4.49. The van der Waals surface area contributed by atoms with Gasteiger partial charge < -0.3 is 28.8 Å². The van der Waals surface area contributed by atoms with Crippen molar-refractivity contribution < 1.29 is 32.9 Å². The van der Waals surface area contributed by atoms with Gasteiger partial charge in [0.1, 0.15) is 13.2 Å². The Morgan fingerprint density at radius 1 is 0.500 bits per heavy atom. The van der Waals surface area contributed by atoms with Crippen LogP contribution < -0.4 is 10.2 Å². The molecule has 9 heteroatoms. The van der Waals surface area contributed by atoms with Crippen LogP contribution in [0.4, 0.5) is 0 Å². The Balaban J connectivity index is 4.26. The number of quaternary nitrogens is 1. The van der Waals surface area contributed by atoms with E-state index in [9.17, 15) is 19.4 Å². The molecule has 0 aliphatic rings. The van der Waals surface area contributed by atoms with Crippen molar-refractivity contribution in [2.45, 2.75) is 231 Å². The first-order chi connectivity index (χ1) is 35.0. The fourth-order valence-electron chi connectivity index (χ4n) is 7.65. The molecule has 3 unspecified atom stereocenters. The molecular weight excluding hydrogens is 912 g/mol. The summed E-state index contributed by atoms with van der Waals surface area (Å²) in [6, 6.07) is -0.917. The van der Waals surface area contributed by atoms with Gasteiger partial charge in [0.25, 0.3) is 7.82 Å². The second kappa shape index (κ2) is 52.8. The minimum Gasteiger partial charge on any atom is -0.756 e. The standard InChI is InChI=1S/C63H109N2O6P/c1-6-8-10-12-14-16-18-20-22-24-25-26-27-28-29-30-31-32-33-34-35-36-37-38-39-41-43-45-47-49-51-53-55-57-63(67)64-61(60-71-72(68,69)70-59-58-65(3,4)5)62(66)56-54-52-50-48-46-44-42-40-23-21-19-17-15-13-11-9-7-2/h8,10,14,16,20,22,25-26,28-29,31-32,34-35,37-38,46,48,54,56,61-62,66H,6-7,9,11-13,15,17-19,21,23-24,27,30,33,36,39-45,47,49-53,55,57-60H2,1-5H3,(H-,64,67,68,69)/b10-8-,16-14-,22-20-,26-25-,29-28-,32-31-,35-34-,38-37-,48-46+,56-54+. The topological polar surface area (TPSA) is 108 Å². The van der Waals surface area contributed by atoms with E-state index in [4.69, 9.17) is 9.05 Å². The second-order valence-electron chi connectivity index (χ2n) is 20.3. The van der Waals surface area contributed by atoms with Crippen molar-refractivity contribution in [3.63, 3.8) is 0 Å². The van der Waals surface area contributed by atoms with Crippen LogP contribution in [0.2, 0.25) is 0 Å². The van der Waals surface area contributed by atoms with E-state index in [1.807, 2.05) is 27.2 Å². The van der Waals surface area contributed by atoms with Crippen molar-refractivity contribution in [2.24, 2.45) is 0 Å². The summed E-state index contributed by atoms with van der Waals surface area (Å²) in [5, 5.41) is 13.8. The average molecular weight is 1020 g/mol. The lowest BCUT2D eigenvalue weighted by atomic mass is 10.1. The number of hydrogen-bond donors (Lipinski definition) is 2. The summed E-state index contributed by atoms with van der Waals surface area (Å²) >= 11 is 0. The lowest BCUT2D eigenvalue weighted by molar-refractivity contribution is -0.870. The highest BCUT2D eigenvalue weighted by molar-refractivity contribution is 7.45. The van der Waals surface area contributed by atoms with Gasteiger partial charge in [0.05, 0.1) is 39.9 Å². The number of unbranched alkanes of at least 4 members (excludes halogenated alkanes) is 20. The molecule has 0 radical (unpaired) electrons. The van der Waals surface area contributed by atoms with Crippen LogP contribution in [-0.4, -0.2) is 68.5 Å². The molecule has 0 aromatic rings. The first-order valence-corrected chi connectivity index (χ1v) is 30.4. The van der Waals surface area contributed by atoms with Crippen LogP contribution in [0, 0.1) is 0 Å². The Labute approximate surface area is 444 Å². The lowest BCUT2D eigenvalue weighted by Gasteiger charge is -2.29. The lowest BCUT2D eigenvalue weighted by Crippen LogP contribution is -2.45. The second-order valence-corrected chi connectivity index (χ2v) is 21.7. The van der Waals surface area contributed by atoms with Crippen molar-refractivity contribution in [1.82, 2.24) is 5.32 Å². The number of hydrogen-bond acceptors (Lipinski definition) is 6. The van der Waals surface area contributed by atoms with Crippen LogP contribution >= 0.6 is 7.82 Å². The van der Waals surface area contributed by atoms with Gasteiger partial charge >= 0.3 is 0 Å².